The van der Waals surface area contributed by atoms with E-state index in [0.29, 0.717) is 16.9 Å². The Kier molecular flexibility index (Phi) is 3.38. The van der Waals surface area contributed by atoms with Gasteiger partial charge in [0, 0.05) is 18.0 Å². The number of alkyl halides is 3. The quantitative estimate of drug-likeness (QED) is 0.597. The van der Waals surface area contributed by atoms with Crippen molar-refractivity contribution in [1.82, 2.24) is 14.4 Å². The van der Waals surface area contributed by atoms with Gasteiger partial charge < -0.3 is 5.73 Å². The molecule has 4 rings (SSSR count). The van der Waals surface area contributed by atoms with E-state index in [1.165, 1.54) is 12.1 Å². The second-order valence-corrected chi connectivity index (χ2v) is 5.74. The molecular formula is C18H13F3N4. The number of nitrogen functional groups attached to an aromatic ring is 1. The number of halogens is 3. The van der Waals surface area contributed by atoms with E-state index >= 15 is 0 Å². The van der Waals surface area contributed by atoms with E-state index in [2.05, 4.69) is 9.97 Å². The number of hydrogen-bond acceptors (Lipinski definition) is 3. The van der Waals surface area contributed by atoms with E-state index in [-0.39, 0.29) is 17.9 Å². The van der Waals surface area contributed by atoms with Crippen LogP contribution in [-0.2, 0) is 12.6 Å². The Morgan fingerprint density at radius 3 is 2.48 bits per heavy atom. The highest BCUT2D eigenvalue weighted by atomic mass is 19.4. The highest BCUT2D eigenvalue weighted by Gasteiger charge is 2.33. The van der Waals surface area contributed by atoms with E-state index < -0.39 is 11.7 Å². The average molecular weight is 342 g/mol. The van der Waals surface area contributed by atoms with Crippen LogP contribution in [0, 0.1) is 0 Å². The third-order valence-corrected chi connectivity index (χ3v) is 4.08. The third-order valence-electron chi connectivity index (χ3n) is 4.08. The minimum atomic E-state index is -4.40. The normalized spacial score (nSPS) is 12.1. The largest absolute Gasteiger partial charge is 0.416 e. The zero-order chi connectivity index (χ0) is 17.6. The average Bonchev–Trinajstić information content (AvgIpc) is 2.99. The molecule has 0 aliphatic carbocycles. The number of anilines is 1. The number of nitrogens with two attached hydrogens (primary N) is 1. The second kappa shape index (κ2) is 5.47. The highest BCUT2D eigenvalue weighted by Crippen LogP contribution is 2.33. The van der Waals surface area contributed by atoms with Gasteiger partial charge in [0.05, 0.1) is 16.8 Å². The van der Waals surface area contributed by atoms with E-state index in [0.717, 1.165) is 11.5 Å². The SMILES string of the molecule is Nc1nc2ccccc2c2nc(Cc3ccccc3C(F)(F)F)cn12. The van der Waals surface area contributed by atoms with Crippen molar-refractivity contribution in [3.8, 4) is 0 Å². The van der Waals surface area contributed by atoms with Gasteiger partial charge in [-0.05, 0) is 23.8 Å². The van der Waals surface area contributed by atoms with Crippen LogP contribution in [0.4, 0.5) is 19.1 Å². The first-order valence-electron chi connectivity index (χ1n) is 7.61. The molecule has 0 aliphatic heterocycles. The first-order chi connectivity index (χ1) is 11.9. The molecule has 0 aliphatic rings. The number of fused-ring (bicyclic) bond motifs is 3. The van der Waals surface area contributed by atoms with Crippen molar-refractivity contribution >= 4 is 22.5 Å². The maximum Gasteiger partial charge on any atom is 0.416 e. The lowest BCUT2D eigenvalue weighted by Gasteiger charge is -2.11. The predicted octanol–water partition coefficient (Wildman–Crippen LogP) is 4.07. The highest BCUT2D eigenvalue weighted by molar-refractivity contribution is 5.92. The van der Waals surface area contributed by atoms with E-state index in [9.17, 15) is 13.2 Å². The van der Waals surface area contributed by atoms with Crippen molar-refractivity contribution in [2.45, 2.75) is 12.6 Å². The summed E-state index contributed by atoms with van der Waals surface area (Å²) in [5, 5.41) is 0.798. The number of nitrogens with zero attached hydrogens (tertiary/aromatic N) is 3. The number of rotatable bonds is 2. The topological polar surface area (TPSA) is 56.2 Å². The van der Waals surface area contributed by atoms with Gasteiger partial charge in [-0.25, -0.2) is 9.97 Å². The molecule has 0 radical (unpaired) electrons. The lowest BCUT2D eigenvalue weighted by Crippen LogP contribution is -2.09. The molecule has 4 nitrogen and oxygen atoms in total. The van der Waals surface area contributed by atoms with Crippen LogP contribution in [0.25, 0.3) is 16.6 Å². The van der Waals surface area contributed by atoms with Crippen molar-refractivity contribution < 1.29 is 13.2 Å². The molecule has 0 spiro atoms. The van der Waals surface area contributed by atoms with Crippen LogP contribution in [0.1, 0.15) is 16.8 Å². The summed E-state index contributed by atoms with van der Waals surface area (Å²) in [5.41, 5.74) is 7.27. The van der Waals surface area contributed by atoms with Gasteiger partial charge in [0.25, 0.3) is 0 Å². The van der Waals surface area contributed by atoms with Gasteiger partial charge in [0.2, 0.25) is 5.95 Å². The van der Waals surface area contributed by atoms with Gasteiger partial charge in [0.15, 0.2) is 0 Å². The van der Waals surface area contributed by atoms with Crippen molar-refractivity contribution in [2.75, 3.05) is 5.73 Å². The Balaban J connectivity index is 1.84. The first kappa shape index (κ1) is 15.4. The number of imidazole rings is 1. The number of benzene rings is 2. The molecule has 0 unspecified atom stereocenters. The molecule has 0 fully saturated rings. The standard InChI is InChI=1S/C18H13F3N4/c19-18(20,21)14-7-3-1-5-11(14)9-12-10-25-16(23-12)13-6-2-4-8-15(13)24-17(25)22/h1-8,10H,9H2,(H2,22,24). The fourth-order valence-electron chi connectivity index (χ4n) is 2.96. The van der Waals surface area contributed by atoms with Crippen LogP contribution >= 0.6 is 0 Å². The molecule has 2 N–H and O–H groups in total. The van der Waals surface area contributed by atoms with Gasteiger partial charge >= 0.3 is 6.18 Å². The van der Waals surface area contributed by atoms with Crippen molar-refractivity contribution in [2.24, 2.45) is 0 Å². The fraction of sp³-hybridized carbons (Fsp3) is 0.111. The zero-order valence-corrected chi connectivity index (χ0v) is 13.0. The third kappa shape index (κ3) is 2.67. The van der Waals surface area contributed by atoms with Gasteiger partial charge in [-0.15, -0.1) is 0 Å². The summed E-state index contributed by atoms with van der Waals surface area (Å²) in [6.45, 7) is 0. The zero-order valence-electron chi connectivity index (χ0n) is 13.0. The summed E-state index contributed by atoms with van der Waals surface area (Å²) in [7, 11) is 0. The summed E-state index contributed by atoms with van der Waals surface area (Å²) < 4.78 is 41.1. The van der Waals surface area contributed by atoms with E-state index in [1.54, 1.807) is 16.7 Å². The lowest BCUT2D eigenvalue weighted by atomic mass is 10.0. The van der Waals surface area contributed by atoms with Crippen molar-refractivity contribution in [3.05, 3.63) is 71.5 Å². The van der Waals surface area contributed by atoms with Gasteiger partial charge in [0.1, 0.15) is 5.65 Å². The smallest absolute Gasteiger partial charge is 0.369 e. The Morgan fingerprint density at radius 2 is 1.68 bits per heavy atom. The minimum Gasteiger partial charge on any atom is -0.369 e. The molecule has 2 heterocycles. The van der Waals surface area contributed by atoms with Crippen LogP contribution in [0.15, 0.2) is 54.7 Å². The molecule has 4 aromatic rings. The minimum absolute atomic E-state index is 0.0606. The van der Waals surface area contributed by atoms with Gasteiger partial charge in [-0.2, -0.15) is 13.2 Å². The molecule has 0 saturated carbocycles. The second-order valence-electron chi connectivity index (χ2n) is 5.74. The first-order valence-corrected chi connectivity index (χ1v) is 7.61. The molecule has 25 heavy (non-hydrogen) atoms. The summed E-state index contributed by atoms with van der Waals surface area (Å²) in [4.78, 5) is 8.80. The molecule has 0 atom stereocenters. The molecule has 2 aromatic heterocycles. The summed E-state index contributed by atoms with van der Waals surface area (Å²) in [6, 6.07) is 12.9. The molecule has 126 valence electrons. The summed E-state index contributed by atoms with van der Waals surface area (Å²) in [6.07, 6.45) is -2.70. The van der Waals surface area contributed by atoms with Crippen LogP contribution in [0.2, 0.25) is 0 Å². The van der Waals surface area contributed by atoms with Crippen molar-refractivity contribution in [3.63, 3.8) is 0 Å². The summed E-state index contributed by atoms with van der Waals surface area (Å²) in [5.74, 6) is 0.247. The molecule has 2 aromatic carbocycles. The molecule has 0 amide bonds. The maximum atomic E-state index is 13.2. The van der Waals surface area contributed by atoms with Crippen LogP contribution in [-0.4, -0.2) is 14.4 Å². The van der Waals surface area contributed by atoms with Crippen LogP contribution in [0.5, 0.6) is 0 Å². The van der Waals surface area contributed by atoms with E-state index in [4.69, 9.17) is 5.73 Å². The monoisotopic (exact) mass is 342 g/mol. The maximum absolute atomic E-state index is 13.2. The van der Waals surface area contributed by atoms with Crippen LogP contribution < -0.4 is 5.73 Å². The lowest BCUT2D eigenvalue weighted by molar-refractivity contribution is -0.138. The van der Waals surface area contributed by atoms with Gasteiger partial charge in [-0.3, -0.25) is 4.40 Å². The molecule has 0 bridgehead atoms. The van der Waals surface area contributed by atoms with Crippen molar-refractivity contribution in [1.29, 1.82) is 0 Å². The predicted molar refractivity (Wildman–Crippen MR) is 89.2 cm³/mol. The summed E-state index contributed by atoms with van der Waals surface area (Å²) >= 11 is 0. The van der Waals surface area contributed by atoms with Crippen LogP contribution in [0.3, 0.4) is 0 Å². The number of aromatic nitrogens is 3. The van der Waals surface area contributed by atoms with E-state index in [1.807, 2.05) is 24.3 Å². The Hall–Kier alpha value is -3.09. The Morgan fingerprint density at radius 1 is 0.960 bits per heavy atom. The Labute approximate surface area is 140 Å². The molecular weight excluding hydrogens is 329 g/mol. The number of para-hydroxylation sites is 1. The number of hydrogen-bond donors (Lipinski definition) is 1. The molecule has 0 saturated heterocycles. The molecule has 7 heteroatoms. The Bertz CT molecular complexity index is 1080. The fourth-order valence-corrected chi connectivity index (χ4v) is 2.96. The van der Waals surface area contributed by atoms with Gasteiger partial charge in [-0.1, -0.05) is 30.3 Å².